The van der Waals surface area contributed by atoms with E-state index in [-0.39, 0.29) is 21.8 Å². The van der Waals surface area contributed by atoms with Crippen LogP contribution >= 0.6 is 0 Å². The first kappa shape index (κ1) is 33.1. The van der Waals surface area contributed by atoms with Gasteiger partial charge in [-0.2, -0.15) is 0 Å². The van der Waals surface area contributed by atoms with Crippen LogP contribution < -0.4 is 5.32 Å². The summed E-state index contributed by atoms with van der Waals surface area (Å²) in [6.07, 6.45) is 28.4. The zero-order valence-electron chi connectivity index (χ0n) is 30.8. The zero-order valence-corrected chi connectivity index (χ0v) is 30.8. The summed E-state index contributed by atoms with van der Waals surface area (Å²) in [5.41, 5.74) is 6.78. The number of nitrogens with one attached hydrogen (secondary N) is 1. The molecule has 1 spiro atoms. The lowest BCUT2D eigenvalue weighted by Gasteiger charge is -2.54. The van der Waals surface area contributed by atoms with E-state index in [4.69, 9.17) is 14.2 Å². The van der Waals surface area contributed by atoms with Gasteiger partial charge in [0.05, 0.1) is 43.5 Å². The smallest absolute Gasteiger partial charge is 0.0975 e. The monoisotopic (exact) mass is 655 g/mol. The molecule has 9 rings (SSSR count). The maximum Gasteiger partial charge on any atom is 0.0975 e. The van der Waals surface area contributed by atoms with Gasteiger partial charge >= 0.3 is 0 Å². The third kappa shape index (κ3) is 4.44. The van der Waals surface area contributed by atoms with E-state index >= 15 is 0 Å². The molecule has 0 aromatic rings. The van der Waals surface area contributed by atoms with Crippen molar-refractivity contribution < 1.29 is 19.3 Å². The van der Waals surface area contributed by atoms with Crippen molar-refractivity contribution in [1.29, 1.82) is 0 Å². The highest BCUT2D eigenvalue weighted by molar-refractivity contribution is 5.47. The molecule has 0 aromatic carbocycles. The van der Waals surface area contributed by atoms with Crippen molar-refractivity contribution in [2.24, 2.45) is 45.3 Å². The summed E-state index contributed by atoms with van der Waals surface area (Å²) in [6.45, 7) is 11.5. The summed E-state index contributed by atoms with van der Waals surface area (Å²) >= 11 is 0. The number of epoxide rings is 1. The summed E-state index contributed by atoms with van der Waals surface area (Å²) in [4.78, 5) is 0. The number of aliphatic hydroxyl groups is 1. The quantitative estimate of drug-likeness (QED) is 0.234. The van der Waals surface area contributed by atoms with Crippen molar-refractivity contribution in [1.82, 2.24) is 5.32 Å². The SMILES string of the molecule is CNCC1(O)CCC2C3CC=C4C=C(OC)CC[C@]4(C)C3=CC[C@@]21C.COC1=CC2=CCC3C(=CC[C@@]4(C)C3CC[C@@]43CO3)[C@@]2(C)CC1. The first-order valence-corrected chi connectivity index (χ1v) is 19.2. The van der Waals surface area contributed by atoms with Crippen LogP contribution in [0.1, 0.15) is 105 Å². The minimum atomic E-state index is -0.574. The fraction of sp³-hybridized carbons (Fsp3) is 0.721. The molecule has 0 amide bonds. The van der Waals surface area contributed by atoms with Crippen molar-refractivity contribution in [2.75, 3.05) is 34.4 Å². The number of hydrogen-bond acceptors (Lipinski definition) is 5. The topological polar surface area (TPSA) is 63.2 Å². The molecule has 3 fully saturated rings. The Labute approximate surface area is 290 Å². The van der Waals surface area contributed by atoms with Crippen molar-refractivity contribution in [2.45, 2.75) is 116 Å². The van der Waals surface area contributed by atoms with Gasteiger partial charge in [-0.1, -0.05) is 63.1 Å². The van der Waals surface area contributed by atoms with Crippen LogP contribution in [0.15, 0.2) is 70.3 Å². The molecule has 0 radical (unpaired) electrons. The molecule has 5 nitrogen and oxygen atoms in total. The number of rotatable bonds is 4. The molecule has 5 unspecified atom stereocenters. The molecule has 1 saturated heterocycles. The molecule has 2 saturated carbocycles. The molecule has 1 heterocycles. The van der Waals surface area contributed by atoms with Crippen LogP contribution in [0.2, 0.25) is 0 Å². The van der Waals surface area contributed by atoms with E-state index in [1.807, 2.05) is 7.05 Å². The molecule has 48 heavy (non-hydrogen) atoms. The highest BCUT2D eigenvalue weighted by atomic mass is 16.6. The lowest BCUT2D eigenvalue weighted by Crippen LogP contribution is -2.54. The second-order valence-electron chi connectivity index (χ2n) is 18.0. The Kier molecular flexibility index (Phi) is 7.73. The normalized spacial score (nSPS) is 47.8. The fourth-order valence-electron chi connectivity index (χ4n) is 12.9. The van der Waals surface area contributed by atoms with Crippen LogP contribution in [0, 0.1) is 45.3 Å². The predicted molar refractivity (Wildman–Crippen MR) is 192 cm³/mol. The van der Waals surface area contributed by atoms with Crippen LogP contribution in [-0.4, -0.2) is 50.7 Å². The maximum absolute atomic E-state index is 11.4. The molecular formula is C43H61NO4. The van der Waals surface area contributed by atoms with Gasteiger partial charge in [-0.25, -0.2) is 0 Å². The summed E-state index contributed by atoms with van der Waals surface area (Å²) < 4.78 is 17.0. The van der Waals surface area contributed by atoms with E-state index in [1.165, 1.54) is 43.3 Å². The van der Waals surface area contributed by atoms with Gasteiger partial charge in [0.2, 0.25) is 0 Å². The molecule has 2 N–H and O–H groups in total. The Morgan fingerprint density at radius 3 is 1.75 bits per heavy atom. The van der Waals surface area contributed by atoms with E-state index in [1.54, 1.807) is 25.4 Å². The highest BCUT2D eigenvalue weighted by Gasteiger charge is 2.68. The molecule has 262 valence electrons. The summed E-state index contributed by atoms with van der Waals surface area (Å²) in [5.74, 6) is 5.01. The number of likely N-dealkylation sites (N-methyl/N-ethyl adjacent to an activating group) is 1. The second kappa shape index (κ2) is 11.2. The molecule has 1 aliphatic heterocycles. The van der Waals surface area contributed by atoms with Crippen molar-refractivity contribution in [3.8, 4) is 0 Å². The highest BCUT2D eigenvalue weighted by Crippen LogP contribution is 2.69. The second-order valence-corrected chi connectivity index (χ2v) is 18.0. The molecule has 0 aromatic heterocycles. The first-order chi connectivity index (χ1) is 22.9. The molecule has 5 heteroatoms. The van der Waals surface area contributed by atoms with Crippen LogP contribution in [0.25, 0.3) is 0 Å². The molecule has 9 aliphatic rings. The maximum atomic E-state index is 11.4. The predicted octanol–water partition coefficient (Wildman–Crippen LogP) is 8.74. The summed E-state index contributed by atoms with van der Waals surface area (Å²) in [6, 6.07) is 0. The lowest BCUT2D eigenvalue weighted by atomic mass is 9.52. The van der Waals surface area contributed by atoms with E-state index in [9.17, 15) is 5.11 Å². The fourth-order valence-corrected chi connectivity index (χ4v) is 12.9. The van der Waals surface area contributed by atoms with Crippen LogP contribution in [-0.2, 0) is 14.2 Å². The first-order valence-electron chi connectivity index (χ1n) is 19.2. The Bertz CT molecular complexity index is 1540. The minimum Gasteiger partial charge on any atom is -0.501 e. The van der Waals surface area contributed by atoms with Crippen molar-refractivity contribution in [3.63, 3.8) is 0 Å². The van der Waals surface area contributed by atoms with E-state index in [0.717, 1.165) is 74.9 Å². The third-order valence-corrected chi connectivity index (χ3v) is 16.3. The van der Waals surface area contributed by atoms with Gasteiger partial charge in [0, 0.05) is 41.0 Å². The minimum absolute atomic E-state index is 0.00588. The van der Waals surface area contributed by atoms with Crippen LogP contribution in [0.4, 0.5) is 0 Å². The largest absolute Gasteiger partial charge is 0.501 e. The van der Waals surface area contributed by atoms with Gasteiger partial charge in [0.15, 0.2) is 0 Å². The Balaban J connectivity index is 0.000000140. The average molecular weight is 656 g/mol. The van der Waals surface area contributed by atoms with Gasteiger partial charge in [-0.15, -0.1) is 0 Å². The van der Waals surface area contributed by atoms with Gasteiger partial charge in [-0.3, -0.25) is 0 Å². The Morgan fingerprint density at radius 2 is 1.25 bits per heavy atom. The zero-order chi connectivity index (χ0) is 33.7. The third-order valence-electron chi connectivity index (χ3n) is 16.3. The number of hydrogen-bond donors (Lipinski definition) is 2. The van der Waals surface area contributed by atoms with E-state index in [2.05, 4.69) is 69.5 Å². The lowest BCUT2D eigenvalue weighted by molar-refractivity contribution is -0.0767. The van der Waals surface area contributed by atoms with Crippen LogP contribution in [0.5, 0.6) is 0 Å². The number of ether oxygens (including phenoxy) is 3. The molecule has 8 aliphatic carbocycles. The van der Waals surface area contributed by atoms with E-state index in [0.29, 0.717) is 23.8 Å². The van der Waals surface area contributed by atoms with Crippen LogP contribution in [0.3, 0.4) is 0 Å². The summed E-state index contributed by atoms with van der Waals surface area (Å²) in [7, 11) is 5.55. The van der Waals surface area contributed by atoms with Gasteiger partial charge in [0.1, 0.15) is 0 Å². The average Bonchev–Trinajstić information content (AvgIpc) is 3.76. The molecule has 10 atom stereocenters. The van der Waals surface area contributed by atoms with E-state index < -0.39 is 5.60 Å². The van der Waals surface area contributed by atoms with Gasteiger partial charge < -0.3 is 24.6 Å². The van der Waals surface area contributed by atoms with Crippen molar-refractivity contribution >= 4 is 0 Å². The molecule has 0 bridgehead atoms. The standard InChI is InChI=1S/C22H33NO2.C21H28O2/c1-20-10-7-16(25-4)13-15(20)5-6-17-18(20)8-11-21(2)19(17)9-12-22(21,24)14-23-3;1-19-9-6-15(22-3)12-14(19)4-5-16-17(19)7-10-20(2)18(16)8-11-21(20)13-23-21/h5,8,13,17,19,23-24H,6-7,9-12,14H2,1-4H3;4,7,12,16,18H,5-6,8-11,13H2,1-3H3/t17?,19?,20-,21-,22?;16?,18?,19-,20-,21+/m00/s1. The Hall–Kier alpha value is -2.08. The molecular weight excluding hydrogens is 594 g/mol. The van der Waals surface area contributed by atoms with Gasteiger partial charge in [-0.05, 0) is 118 Å². The number of methoxy groups -OCH3 is 2. The van der Waals surface area contributed by atoms with Gasteiger partial charge in [0.25, 0.3) is 0 Å². The number of fused-ring (bicyclic) bond motifs is 11. The Morgan fingerprint density at radius 1 is 0.750 bits per heavy atom. The number of allylic oxidation sites excluding steroid dienone is 12. The summed E-state index contributed by atoms with van der Waals surface area (Å²) in [5, 5.41) is 14.6. The van der Waals surface area contributed by atoms with Crippen molar-refractivity contribution in [3.05, 3.63) is 70.3 Å².